The average Bonchev–Trinajstić information content (AvgIpc) is 3.28. The van der Waals surface area contributed by atoms with Gasteiger partial charge in [-0.05, 0) is 41.6 Å². The van der Waals surface area contributed by atoms with Gasteiger partial charge in [0.2, 0.25) is 0 Å². The number of amides is 1. The van der Waals surface area contributed by atoms with E-state index in [-0.39, 0.29) is 5.69 Å². The molecule has 2 heterocycles. The van der Waals surface area contributed by atoms with Crippen LogP contribution in [0.15, 0.2) is 72.1 Å². The van der Waals surface area contributed by atoms with E-state index in [4.69, 9.17) is 0 Å². The highest BCUT2D eigenvalue weighted by Gasteiger charge is 2.33. The molecule has 0 saturated heterocycles. The molecule has 0 radical (unpaired) electrons. The van der Waals surface area contributed by atoms with Gasteiger partial charge in [0.1, 0.15) is 5.69 Å². The number of nitrogens with one attached hydrogen (secondary N) is 1. The van der Waals surface area contributed by atoms with Crippen LogP contribution in [-0.2, 0) is 19.1 Å². The second kappa shape index (κ2) is 7.75. The van der Waals surface area contributed by atoms with Gasteiger partial charge in [-0.2, -0.15) is 13.2 Å². The van der Waals surface area contributed by atoms with Crippen LogP contribution >= 0.6 is 11.3 Å². The number of aromatic nitrogens is 1. The number of rotatable bonds is 5. The summed E-state index contributed by atoms with van der Waals surface area (Å²) in [5, 5.41) is 4.38. The Morgan fingerprint density at radius 1 is 1.00 bits per heavy atom. The van der Waals surface area contributed by atoms with Crippen LogP contribution in [0.3, 0.4) is 0 Å². The second-order valence-electron chi connectivity index (χ2n) is 6.58. The van der Waals surface area contributed by atoms with Crippen molar-refractivity contribution in [3.8, 4) is 0 Å². The molecule has 0 aliphatic rings. The van der Waals surface area contributed by atoms with Crippen molar-refractivity contribution in [3.63, 3.8) is 0 Å². The third-order valence-electron chi connectivity index (χ3n) is 4.70. The minimum Gasteiger partial charge on any atom is -0.335 e. The highest BCUT2D eigenvalue weighted by atomic mass is 32.1. The SMILES string of the molecule is O=C(Nc1ccccc1C(F)(F)F)c1cc2sccc2n1CCc1ccccc1. The van der Waals surface area contributed by atoms with E-state index in [0.29, 0.717) is 18.7 Å². The van der Waals surface area contributed by atoms with Crippen molar-refractivity contribution in [1.82, 2.24) is 4.57 Å². The maximum absolute atomic E-state index is 13.3. The number of halogens is 3. The Hall–Kier alpha value is -3.06. The molecule has 0 unspecified atom stereocenters. The quantitative estimate of drug-likeness (QED) is 0.413. The van der Waals surface area contributed by atoms with Crippen LogP contribution in [-0.4, -0.2) is 10.5 Å². The molecule has 3 nitrogen and oxygen atoms in total. The molecule has 4 rings (SSSR count). The lowest BCUT2D eigenvalue weighted by molar-refractivity contribution is -0.136. The zero-order valence-electron chi connectivity index (χ0n) is 15.2. The Labute approximate surface area is 169 Å². The molecule has 7 heteroatoms. The van der Waals surface area contributed by atoms with Crippen LogP contribution < -0.4 is 5.32 Å². The second-order valence-corrected chi connectivity index (χ2v) is 7.53. The highest BCUT2D eigenvalue weighted by Crippen LogP contribution is 2.35. The van der Waals surface area contributed by atoms with Crippen molar-refractivity contribution in [3.05, 3.63) is 88.9 Å². The number of thiophene rings is 1. The number of para-hydroxylation sites is 1. The lowest BCUT2D eigenvalue weighted by atomic mass is 10.1. The van der Waals surface area contributed by atoms with E-state index in [1.54, 1.807) is 6.07 Å². The van der Waals surface area contributed by atoms with E-state index in [1.165, 1.54) is 29.5 Å². The summed E-state index contributed by atoms with van der Waals surface area (Å²) in [7, 11) is 0. The Balaban J connectivity index is 1.64. The number of benzene rings is 2. The number of nitrogens with zero attached hydrogens (tertiary/aromatic N) is 1. The van der Waals surface area contributed by atoms with Gasteiger partial charge in [0.05, 0.1) is 21.5 Å². The summed E-state index contributed by atoms with van der Waals surface area (Å²) in [4.78, 5) is 12.9. The summed E-state index contributed by atoms with van der Waals surface area (Å²) in [6.07, 6.45) is -3.83. The van der Waals surface area contributed by atoms with Gasteiger partial charge in [-0.3, -0.25) is 4.79 Å². The normalized spacial score (nSPS) is 11.7. The number of fused-ring (bicyclic) bond motifs is 1. The lowest BCUT2D eigenvalue weighted by Gasteiger charge is -2.15. The molecule has 2 aromatic carbocycles. The largest absolute Gasteiger partial charge is 0.418 e. The Morgan fingerprint density at radius 2 is 1.72 bits per heavy atom. The van der Waals surface area contributed by atoms with Gasteiger partial charge in [-0.25, -0.2) is 0 Å². The van der Waals surface area contributed by atoms with Crippen LogP contribution in [0.2, 0.25) is 0 Å². The van der Waals surface area contributed by atoms with Gasteiger partial charge in [-0.1, -0.05) is 42.5 Å². The van der Waals surface area contributed by atoms with Crippen LogP contribution in [0.5, 0.6) is 0 Å². The zero-order valence-corrected chi connectivity index (χ0v) is 16.1. The van der Waals surface area contributed by atoms with Crippen molar-refractivity contribution in [2.45, 2.75) is 19.1 Å². The van der Waals surface area contributed by atoms with Crippen molar-refractivity contribution in [2.24, 2.45) is 0 Å². The summed E-state index contributed by atoms with van der Waals surface area (Å²) in [6.45, 7) is 0.550. The first-order chi connectivity index (χ1) is 13.9. The lowest BCUT2D eigenvalue weighted by Crippen LogP contribution is -2.20. The predicted octanol–water partition coefficient (Wildman–Crippen LogP) is 6.22. The summed E-state index contributed by atoms with van der Waals surface area (Å²) in [5.41, 5.74) is 1.26. The van der Waals surface area contributed by atoms with Crippen LogP contribution in [0.4, 0.5) is 18.9 Å². The molecule has 148 valence electrons. The maximum atomic E-state index is 13.3. The van der Waals surface area contributed by atoms with E-state index >= 15 is 0 Å². The van der Waals surface area contributed by atoms with Gasteiger partial charge in [-0.15, -0.1) is 11.3 Å². The number of hydrogen-bond donors (Lipinski definition) is 1. The van der Waals surface area contributed by atoms with Crippen molar-refractivity contribution in [2.75, 3.05) is 5.32 Å². The van der Waals surface area contributed by atoms with Crippen LogP contribution in [0, 0.1) is 0 Å². The number of alkyl halides is 3. The van der Waals surface area contributed by atoms with E-state index in [2.05, 4.69) is 5.32 Å². The Kier molecular flexibility index (Phi) is 5.15. The number of anilines is 1. The fraction of sp³-hybridized carbons (Fsp3) is 0.136. The minimum atomic E-state index is -4.54. The average molecular weight is 414 g/mol. The van der Waals surface area contributed by atoms with Crippen molar-refractivity contribution >= 4 is 33.1 Å². The van der Waals surface area contributed by atoms with Crippen molar-refractivity contribution < 1.29 is 18.0 Å². The molecule has 0 aliphatic heterocycles. The van der Waals surface area contributed by atoms with E-state index in [0.717, 1.165) is 21.8 Å². The number of aryl methyl sites for hydroxylation is 2. The maximum Gasteiger partial charge on any atom is 0.418 e. The molecule has 0 bridgehead atoms. The summed E-state index contributed by atoms with van der Waals surface area (Å²) < 4.78 is 42.5. The molecule has 0 spiro atoms. The third-order valence-corrected chi connectivity index (χ3v) is 5.56. The monoisotopic (exact) mass is 414 g/mol. The third kappa shape index (κ3) is 4.05. The van der Waals surface area contributed by atoms with Crippen LogP contribution in [0.25, 0.3) is 10.2 Å². The van der Waals surface area contributed by atoms with E-state index < -0.39 is 17.6 Å². The van der Waals surface area contributed by atoms with Crippen LogP contribution in [0.1, 0.15) is 21.6 Å². The summed E-state index contributed by atoms with van der Waals surface area (Å²) in [5.74, 6) is -0.557. The standard InChI is InChI=1S/C22H17F3N2OS/c23-22(24,25)16-8-4-5-9-17(16)26-21(28)19-14-20-18(11-13-29-20)27(19)12-10-15-6-2-1-3-7-15/h1-9,11,13-14H,10,12H2,(H,26,28). The number of carbonyl (C=O) groups excluding carboxylic acids is 1. The van der Waals surface area contributed by atoms with Gasteiger partial charge in [0.25, 0.3) is 5.91 Å². The molecule has 29 heavy (non-hydrogen) atoms. The van der Waals surface area contributed by atoms with Gasteiger partial charge >= 0.3 is 6.18 Å². The molecule has 1 amide bonds. The molecule has 0 saturated carbocycles. The molecule has 0 aliphatic carbocycles. The van der Waals surface area contributed by atoms with Gasteiger partial charge in [0.15, 0.2) is 0 Å². The molecule has 0 atom stereocenters. The fourth-order valence-electron chi connectivity index (χ4n) is 3.32. The number of carbonyl (C=O) groups is 1. The number of hydrogen-bond acceptors (Lipinski definition) is 2. The summed E-state index contributed by atoms with van der Waals surface area (Å²) in [6, 6.07) is 18.5. The molecule has 1 N–H and O–H groups in total. The van der Waals surface area contributed by atoms with Crippen molar-refractivity contribution in [1.29, 1.82) is 0 Å². The first-order valence-corrected chi connectivity index (χ1v) is 9.89. The van der Waals surface area contributed by atoms with E-state index in [9.17, 15) is 18.0 Å². The Morgan fingerprint density at radius 3 is 2.48 bits per heavy atom. The topological polar surface area (TPSA) is 34.0 Å². The first kappa shape index (κ1) is 19.3. The summed E-state index contributed by atoms with van der Waals surface area (Å²) >= 11 is 1.49. The first-order valence-electron chi connectivity index (χ1n) is 9.02. The smallest absolute Gasteiger partial charge is 0.335 e. The Bertz CT molecular complexity index is 1150. The minimum absolute atomic E-state index is 0.246. The zero-order chi connectivity index (χ0) is 20.4. The van der Waals surface area contributed by atoms with Gasteiger partial charge in [0, 0.05) is 6.54 Å². The van der Waals surface area contributed by atoms with Gasteiger partial charge < -0.3 is 9.88 Å². The molecule has 0 fully saturated rings. The molecular formula is C22H17F3N2OS. The predicted molar refractivity (Wildman–Crippen MR) is 109 cm³/mol. The fourth-order valence-corrected chi connectivity index (χ4v) is 4.14. The molecule has 2 aromatic heterocycles. The highest BCUT2D eigenvalue weighted by molar-refractivity contribution is 7.17. The molecule has 4 aromatic rings. The molecular weight excluding hydrogens is 397 g/mol. The van der Waals surface area contributed by atoms with E-state index in [1.807, 2.05) is 46.3 Å².